The Kier molecular flexibility index (Phi) is 3.09. The van der Waals surface area contributed by atoms with Gasteiger partial charge in [0.25, 0.3) is 0 Å². The molecule has 0 amide bonds. The summed E-state index contributed by atoms with van der Waals surface area (Å²) in [5, 5.41) is 6.54. The molecule has 8 aliphatic rings. The van der Waals surface area contributed by atoms with Crippen molar-refractivity contribution in [2.75, 3.05) is 26.2 Å². The molecule has 2 N–H and O–H groups in total. The van der Waals surface area contributed by atoms with Crippen molar-refractivity contribution >= 4 is 0 Å². The molecule has 4 aliphatic heterocycles. The van der Waals surface area contributed by atoms with E-state index in [4.69, 9.17) is 4.74 Å². The average Bonchev–Trinajstić information content (AvgIpc) is 3.52. The smallest absolute Gasteiger partial charge is 0.348 e. The molecule has 0 aromatic heterocycles. The summed E-state index contributed by atoms with van der Waals surface area (Å²) >= 11 is 0. The Bertz CT molecular complexity index is 746. The number of hydrogen-bond donors (Lipinski definition) is 2. The molecule has 14 atom stereocenters. The van der Waals surface area contributed by atoms with Gasteiger partial charge in [-0.25, -0.2) is 0 Å². The van der Waals surface area contributed by atoms with Crippen LogP contribution in [0.1, 0.15) is 12.8 Å². The molecular formula is C22H26F6N2O. The van der Waals surface area contributed by atoms with Gasteiger partial charge in [-0.2, -0.15) is 26.3 Å². The van der Waals surface area contributed by atoms with E-state index in [9.17, 15) is 0 Å². The van der Waals surface area contributed by atoms with Gasteiger partial charge < -0.3 is 15.4 Å². The zero-order valence-electron chi connectivity index (χ0n) is 16.8. The fourth-order valence-corrected chi connectivity index (χ4v) is 11.6. The molecule has 6 bridgehead atoms. The standard InChI is InChI=1S/C22H26F6N2O/c23-21(24,25)19-15-7-1-8(12-4-29-3-11(7)12)16(15)20(31-19,22(26,27)28)18-10-2-9(17(18)19)13-5-30-6-14(10)13/h7-18,29-30H,1-6H2/t7-,8+,9+,10-,11-,12+,13+,14-,15-,16+,17+,18-,19?,20?. The molecule has 0 aromatic rings. The third-order valence-corrected chi connectivity index (χ3v) is 11.7. The van der Waals surface area contributed by atoms with Crippen molar-refractivity contribution in [1.29, 1.82) is 0 Å². The normalized spacial score (nSPS) is 64.8. The van der Waals surface area contributed by atoms with Gasteiger partial charge in [0.1, 0.15) is 0 Å². The summed E-state index contributed by atoms with van der Waals surface area (Å²) in [4.78, 5) is 0. The monoisotopic (exact) mass is 448 g/mol. The number of alkyl halides is 6. The summed E-state index contributed by atoms with van der Waals surface area (Å²) in [7, 11) is 0. The fourth-order valence-electron chi connectivity index (χ4n) is 11.6. The van der Waals surface area contributed by atoms with Crippen molar-refractivity contribution in [1.82, 2.24) is 10.6 Å². The van der Waals surface area contributed by atoms with E-state index >= 15 is 26.3 Å². The first-order valence-electron chi connectivity index (χ1n) is 11.9. The maximum absolute atomic E-state index is 15.1. The van der Waals surface area contributed by atoms with E-state index in [1.807, 2.05) is 0 Å². The van der Waals surface area contributed by atoms with E-state index in [0.29, 0.717) is 39.0 Å². The van der Waals surface area contributed by atoms with Crippen LogP contribution in [0.4, 0.5) is 26.3 Å². The molecule has 4 aliphatic carbocycles. The first kappa shape index (κ1) is 18.8. The van der Waals surface area contributed by atoms with Crippen LogP contribution in [0.2, 0.25) is 0 Å². The maximum atomic E-state index is 15.1. The Morgan fingerprint density at radius 2 is 0.806 bits per heavy atom. The highest BCUT2D eigenvalue weighted by atomic mass is 19.4. The molecule has 4 saturated carbocycles. The molecule has 2 unspecified atom stereocenters. The summed E-state index contributed by atoms with van der Waals surface area (Å²) in [6, 6.07) is 0. The van der Waals surface area contributed by atoms with Gasteiger partial charge in [0.15, 0.2) is 11.2 Å². The lowest BCUT2D eigenvalue weighted by atomic mass is 9.47. The van der Waals surface area contributed by atoms with E-state index in [2.05, 4.69) is 10.6 Å². The topological polar surface area (TPSA) is 33.3 Å². The molecule has 0 aromatic carbocycles. The molecule has 0 spiro atoms. The summed E-state index contributed by atoms with van der Waals surface area (Å²) in [6.07, 6.45) is -8.51. The maximum Gasteiger partial charge on any atom is 0.418 e. The second-order valence-corrected chi connectivity index (χ2v) is 11.9. The minimum absolute atomic E-state index is 0.0663. The minimum Gasteiger partial charge on any atom is -0.348 e. The van der Waals surface area contributed by atoms with Gasteiger partial charge in [-0.1, -0.05) is 0 Å². The van der Waals surface area contributed by atoms with Crippen molar-refractivity contribution in [3.8, 4) is 0 Å². The number of rotatable bonds is 0. The van der Waals surface area contributed by atoms with Crippen LogP contribution in [-0.2, 0) is 4.74 Å². The second kappa shape index (κ2) is 5.09. The molecule has 9 heteroatoms. The lowest BCUT2D eigenvalue weighted by Gasteiger charge is -2.54. The van der Waals surface area contributed by atoms with Gasteiger partial charge in [0.05, 0.1) is 0 Å². The van der Waals surface area contributed by atoms with Crippen molar-refractivity contribution in [2.24, 2.45) is 71.0 Å². The second-order valence-electron chi connectivity index (χ2n) is 11.9. The van der Waals surface area contributed by atoms with Crippen LogP contribution in [0.15, 0.2) is 0 Å². The molecule has 4 saturated heterocycles. The quantitative estimate of drug-likeness (QED) is 0.559. The predicted octanol–water partition coefficient (Wildman–Crippen LogP) is 3.07. The third kappa shape index (κ3) is 1.67. The molecular weight excluding hydrogens is 422 g/mol. The number of ether oxygens (including phenoxy) is 1. The molecule has 3 nitrogen and oxygen atoms in total. The zero-order chi connectivity index (χ0) is 21.3. The van der Waals surface area contributed by atoms with E-state index in [-0.39, 0.29) is 47.3 Å². The lowest BCUT2D eigenvalue weighted by molar-refractivity contribution is -0.329. The largest absolute Gasteiger partial charge is 0.418 e. The number of fused-ring (bicyclic) bond motifs is 22. The Hall–Kier alpha value is -0.540. The van der Waals surface area contributed by atoms with Crippen LogP contribution in [0, 0.1) is 71.0 Å². The summed E-state index contributed by atoms with van der Waals surface area (Å²) in [5.41, 5.74) is -5.23. The van der Waals surface area contributed by atoms with Crippen LogP contribution in [0.3, 0.4) is 0 Å². The van der Waals surface area contributed by atoms with Crippen LogP contribution in [0.25, 0.3) is 0 Å². The summed E-state index contributed by atoms with van der Waals surface area (Å²) in [6.45, 7) is 2.54. The first-order valence-corrected chi connectivity index (χ1v) is 11.9. The minimum atomic E-state index is -4.78. The highest BCUT2D eigenvalue weighted by molar-refractivity contribution is 5.36. The van der Waals surface area contributed by atoms with Crippen molar-refractivity contribution < 1.29 is 31.1 Å². The van der Waals surface area contributed by atoms with Gasteiger partial charge in [-0.15, -0.1) is 0 Å². The van der Waals surface area contributed by atoms with E-state index in [0.717, 1.165) is 0 Å². The fraction of sp³-hybridized carbons (Fsp3) is 1.00. The Labute approximate surface area is 176 Å². The molecule has 0 radical (unpaired) electrons. The highest BCUT2D eigenvalue weighted by Gasteiger charge is 2.96. The zero-order valence-corrected chi connectivity index (χ0v) is 16.8. The van der Waals surface area contributed by atoms with Gasteiger partial charge in [0.2, 0.25) is 0 Å². The molecule has 8 rings (SSSR count). The van der Waals surface area contributed by atoms with Gasteiger partial charge in [-0.05, 0) is 86.4 Å². The van der Waals surface area contributed by atoms with Crippen LogP contribution < -0.4 is 10.6 Å². The molecule has 8 fully saturated rings. The van der Waals surface area contributed by atoms with Crippen molar-refractivity contribution in [2.45, 2.75) is 36.4 Å². The van der Waals surface area contributed by atoms with Crippen LogP contribution >= 0.6 is 0 Å². The van der Waals surface area contributed by atoms with E-state index in [1.54, 1.807) is 0 Å². The highest BCUT2D eigenvalue weighted by Crippen LogP contribution is 2.85. The first-order chi connectivity index (χ1) is 14.6. The average molecular weight is 448 g/mol. The Morgan fingerprint density at radius 3 is 1.06 bits per heavy atom. The van der Waals surface area contributed by atoms with Gasteiger partial charge in [0, 0.05) is 23.7 Å². The van der Waals surface area contributed by atoms with Crippen LogP contribution in [-0.4, -0.2) is 49.7 Å². The van der Waals surface area contributed by atoms with Crippen LogP contribution in [0.5, 0.6) is 0 Å². The number of halogens is 6. The Balaban J connectivity index is 1.38. The lowest BCUT2D eigenvalue weighted by Crippen LogP contribution is -2.66. The summed E-state index contributed by atoms with van der Waals surface area (Å²) in [5.74, 6) is -5.10. The molecule has 4 heterocycles. The van der Waals surface area contributed by atoms with Gasteiger partial charge >= 0.3 is 12.4 Å². The summed E-state index contributed by atoms with van der Waals surface area (Å²) < 4.78 is 96.3. The SMILES string of the molecule is FC(F)(F)C12OC(C(F)(F)F)([C@@H]3[C@@H]4C[C@@H]([C@@H]5CNC[C@@H]54)[C@@H]31)[C@H]1[C@H]3C[C@H]([C@H]4CNC[C@H]43)[C@H]12. The Morgan fingerprint density at radius 1 is 0.516 bits per heavy atom. The number of nitrogens with one attached hydrogen (secondary N) is 2. The number of hydrogen-bond acceptors (Lipinski definition) is 3. The predicted molar refractivity (Wildman–Crippen MR) is 95.5 cm³/mol. The third-order valence-electron chi connectivity index (χ3n) is 11.7. The van der Waals surface area contributed by atoms with Crippen molar-refractivity contribution in [3.63, 3.8) is 0 Å². The van der Waals surface area contributed by atoms with E-state index in [1.165, 1.54) is 0 Å². The molecule has 31 heavy (non-hydrogen) atoms. The molecule has 172 valence electrons. The van der Waals surface area contributed by atoms with Gasteiger partial charge in [-0.3, -0.25) is 0 Å². The van der Waals surface area contributed by atoms with E-state index < -0.39 is 47.2 Å². The van der Waals surface area contributed by atoms with Crippen molar-refractivity contribution in [3.05, 3.63) is 0 Å².